The average Bonchev–Trinajstić information content (AvgIpc) is 2.37. The van der Waals surface area contributed by atoms with E-state index in [0.717, 1.165) is 16.7 Å². The van der Waals surface area contributed by atoms with Crippen molar-refractivity contribution in [2.75, 3.05) is 0 Å². The molecular formula is C15H17NO2S. The van der Waals surface area contributed by atoms with Crippen LogP contribution in [0.2, 0.25) is 0 Å². The van der Waals surface area contributed by atoms with Gasteiger partial charge in [-0.1, -0.05) is 35.4 Å². The van der Waals surface area contributed by atoms with Gasteiger partial charge in [-0.25, -0.2) is 13.4 Å². The molecule has 100 valence electrons. The molecule has 0 saturated carbocycles. The summed E-state index contributed by atoms with van der Waals surface area (Å²) in [5, 5.41) is -0.470. The molecule has 4 heteroatoms. The average molecular weight is 275 g/mol. The number of hydrogen-bond acceptors (Lipinski definition) is 3. The van der Waals surface area contributed by atoms with E-state index in [4.69, 9.17) is 0 Å². The number of benzene rings is 1. The number of aryl methyl sites for hydroxylation is 2. The zero-order chi connectivity index (χ0) is 14.0. The fourth-order valence-electron chi connectivity index (χ4n) is 2.12. The predicted molar refractivity (Wildman–Crippen MR) is 75.8 cm³/mol. The number of aromatic nitrogens is 1. The van der Waals surface area contributed by atoms with Gasteiger partial charge >= 0.3 is 0 Å². The Morgan fingerprint density at radius 2 is 1.68 bits per heavy atom. The number of rotatable bonds is 3. The number of nitrogens with zero attached hydrogens (tertiary/aromatic N) is 1. The highest BCUT2D eigenvalue weighted by Gasteiger charge is 2.26. The quantitative estimate of drug-likeness (QED) is 0.864. The molecule has 1 aromatic heterocycles. The van der Waals surface area contributed by atoms with Gasteiger partial charge in [0.2, 0.25) is 9.84 Å². The van der Waals surface area contributed by atoms with Gasteiger partial charge in [0.15, 0.2) is 5.03 Å². The molecule has 2 aromatic rings. The highest BCUT2D eigenvalue weighted by Crippen LogP contribution is 2.28. The third-order valence-corrected chi connectivity index (χ3v) is 5.14. The first-order valence-electron chi connectivity index (χ1n) is 6.14. The molecule has 0 aliphatic rings. The van der Waals surface area contributed by atoms with E-state index in [1.165, 1.54) is 12.3 Å². The van der Waals surface area contributed by atoms with Crippen LogP contribution in [0.25, 0.3) is 0 Å². The summed E-state index contributed by atoms with van der Waals surface area (Å²) in [5.41, 5.74) is 2.94. The molecule has 0 bridgehead atoms. The van der Waals surface area contributed by atoms with Crippen molar-refractivity contribution in [1.82, 2.24) is 4.98 Å². The van der Waals surface area contributed by atoms with Crippen LogP contribution in [-0.2, 0) is 9.84 Å². The van der Waals surface area contributed by atoms with Crippen LogP contribution in [0.1, 0.15) is 28.9 Å². The largest absolute Gasteiger partial charge is 0.245 e. The Balaban J connectivity index is 2.46. The van der Waals surface area contributed by atoms with E-state index < -0.39 is 15.1 Å². The molecule has 1 atom stereocenters. The van der Waals surface area contributed by atoms with Crippen molar-refractivity contribution < 1.29 is 8.42 Å². The van der Waals surface area contributed by atoms with E-state index in [1.807, 2.05) is 32.0 Å². The summed E-state index contributed by atoms with van der Waals surface area (Å²) in [7, 11) is -3.44. The van der Waals surface area contributed by atoms with Crippen molar-refractivity contribution in [3.63, 3.8) is 0 Å². The zero-order valence-electron chi connectivity index (χ0n) is 11.3. The summed E-state index contributed by atoms with van der Waals surface area (Å²) in [4.78, 5) is 3.95. The fourth-order valence-corrected chi connectivity index (χ4v) is 3.45. The van der Waals surface area contributed by atoms with Crippen molar-refractivity contribution in [3.05, 3.63) is 59.3 Å². The van der Waals surface area contributed by atoms with Gasteiger partial charge in [-0.2, -0.15) is 0 Å². The van der Waals surface area contributed by atoms with Crippen LogP contribution in [0.3, 0.4) is 0 Å². The highest BCUT2D eigenvalue weighted by molar-refractivity contribution is 7.91. The molecule has 0 aliphatic carbocycles. The Hall–Kier alpha value is -1.68. The Bertz CT molecular complexity index is 658. The maximum absolute atomic E-state index is 12.5. The topological polar surface area (TPSA) is 47.0 Å². The van der Waals surface area contributed by atoms with Crippen LogP contribution in [0, 0.1) is 13.8 Å². The Morgan fingerprint density at radius 3 is 2.21 bits per heavy atom. The van der Waals surface area contributed by atoms with E-state index in [-0.39, 0.29) is 5.03 Å². The lowest BCUT2D eigenvalue weighted by atomic mass is 10.1. The second kappa shape index (κ2) is 5.13. The first kappa shape index (κ1) is 13.7. The van der Waals surface area contributed by atoms with E-state index >= 15 is 0 Å². The minimum Gasteiger partial charge on any atom is -0.245 e. The van der Waals surface area contributed by atoms with Gasteiger partial charge in [0.25, 0.3) is 0 Å². The molecule has 0 aliphatic heterocycles. The van der Waals surface area contributed by atoms with Crippen molar-refractivity contribution in [2.24, 2.45) is 0 Å². The van der Waals surface area contributed by atoms with E-state index in [9.17, 15) is 8.42 Å². The van der Waals surface area contributed by atoms with Gasteiger partial charge in [0.1, 0.15) is 0 Å². The molecule has 1 unspecified atom stereocenters. The van der Waals surface area contributed by atoms with E-state index in [0.29, 0.717) is 0 Å². The molecular weight excluding hydrogens is 258 g/mol. The second-order valence-corrected chi connectivity index (χ2v) is 6.99. The van der Waals surface area contributed by atoms with E-state index in [2.05, 4.69) is 4.98 Å². The second-order valence-electron chi connectivity index (χ2n) is 4.78. The summed E-state index contributed by atoms with van der Waals surface area (Å²) in [6.45, 7) is 5.64. The lowest BCUT2D eigenvalue weighted by Crippen LogP contribution is -2.12. The maximum Gasteiger partial charge on any atom is 0.202 e. The van der Waals surface area contributed by atoms with Gasteiger partial charge in [-0.15, -0.1) is 0 Å². The molecule has 19 heavy (non-hydrogen) atoms. The van der Waals surface area contributed by atoms with Crippen LogP contribution >= 0.6 is 0 Å². The van der Waals surface area contributed by atoms with Crippen LogP contribution in [0.4, 0.5) is 0 Å². The normalized spacial score (nSPS) is 13.2. The van der Waals surface area contributed by atoms with Gasteiger partial charge in [-0.05, 0) is 38.5 Å². The van der Waals surface area contributed by atoms with Crippen LogP contribution in [0.5, 0.6) is 0 Å². The lowest BCUT2D eigenvalue weighted by Gasteiger charge is -2.14. The van der Waals surface area contributed by atoms with Crippen LogP contribution < -0.4 is 0 Å². The van der Waals surface area contributed by atoms with E-state index in [1.54, 1.807) is 19.1 Å². The molecule has 1 heterocycles. The monoisotopic (exact) mass is 275 g/mol. The summed E-state index contributed by atoms with van der Waals surface area (Å²) in [5.74, 6) is 0. The molecule has 3 nitrogen and oxygen atoms in total. The van der Waals surface area contributed by atoms with Crippen LogP contribution in [-0.4, -0.2) is 13.4 Å². The smallest absolute Gasteiger partial charge is 0.202 e. The fraction of sp³-hybridized carbons (Fsp3) is 0.267. The molecule has 0 radical (unpaired) electrons. The first-order valence-corrected chi connectivity index (χ1v) is 7.69. The number of sulfone groups is 1. The maximum atomic E-state index is 12.5. The number of pyridine rings is 1. The Kier molecular flexibility index (Phi) is 3.71. The summed E-state index contributed by atoms with van der Waals surface area (Å²) in [6.07, 6.45) is 1.50. The lowest BCUT2D eigenvalue weighted by molar-refractivity contribution is 0.582. The highest BCUT2D eigenvalue weighted by atomic mass is 32.2. The Labute approximate surface area is 114 Å². The van der Waals surface area contributed by atoms with Gasteiger partial charge in [-0.3, -0.25) is 0 Å². The standard InChI is InChI=1S/C15H17NO2S/c1-11-8-12(2)10-14(9-11)13(3)19(17,18)15-6-4-5-7-16-15/h4-10,13H,1-3H3. The predicted octanol–water partition coefficient (Wildman–Crippen LogP) is 3.23. The third-order valence-electron chi connectivity index (χ3n) is 3.11. The third kappa shape index (κ3) is 2.84. The van der Waals surface area contributed by atoms with Gasteiger partial charge in [0, 0.05) is 6.20 Å². The molecule has 1 aromatic carbocycles. The molecule has 2 rings (SSSR count). The minimum absolute atomic E-state index is 0.127. The SMILES string of the molecule is Cc1cc(C)cc(C(C)S(=O)(=O)c2ccccn2)c1. The molecule has 0 fully saturated rings. The van der Waals surface area contributed by atoms with Crippen molar-refractivity contribution in [2.45, 2.75) is 31.0 Å². The number of hydrogen-bond donors (Lipinski definition) is 0. The Morgan fingerprint density at radius 1 is 1.05 bits per heavy atom. The summed E-state index contributed by atoms with van der Waals surface area (Å²) in [6, 6.07) is 10.8. The first-order chi connectivity index (χ1) is 8.91. The van der Waals surface area contributed by atoms with Crippen LogP contribution in [0.15, 0.2) is 47.6 Å². The molecule has 0 spiro atoms. The van der Waals surface area contributed by atoms with Crippen molar-refractivity contribution in [3.8, 4) is 0 Å². The summed E-state index contributed by atoms with van der Waals surface area (Å²) < 4.78 is 25.0. The van der Waals surface area contributed by atoms with Gasteiger partial charge < -0.3 is 0 Å². The van der Waals surface area contributed by atoms with Crippen molar-refractivity contribution >= 4 is 9.84 Å². The molecule has 0 N–H and O–H groups in total. The zero-order valence-corrected chi connectivity index (χ0v) is 12.1. The molecule has 0 amide bonds. The minimum atomic E-state index is -3.44. The summed E-state index contributed by atoms with van der Waals surface area (Å²) >= 11 is 0. The molecule has 0 saturated heterocycles. The van der Waals surface area contributed by atoms with Gasteiger partial charge in [0.05, 0.1) is 5.25 Å². The van der Waals surface area contributed by atoms with Crippen molar-refractivity contribution in [1.29, 1.82) is 0 Å².